The van der Waals surface area contributed by atoms with Crippen molar-refractivity contribution in [3.63, 3.8) is 0 Å². The summed E-state index contributed by atoms with van der Waals surface area (Å²) in [5.41, 5.74) is 1.77. The van der Waals surface area contributed by atoms with Gasteiger partial charge in [0.1, 0.15) is 12.4 Å². The smallest absolute Gasteiger partial charge is 0.289 e. The van der Waals surface area contributed by atoms with Crippen LogP contribution in [0.2, 0.25) is 0 Å². The molecule has 7 heteroatoms. The van der Waals surface area contributed by atoms with Crippen LogP contribution in [-0.4, -0.2) is 16.9 Å². The van der Waals surface area contributed by atoms with Crippen LogP contribution in [0.4, 0.5) is 5.69 Å². The Morgan fingerprint density at radius 3 is 2.70 bits per heavy atom. The van der Waals surface area contributed by atoms with Crippen molar-refractivity contribution in [2.24, 2.45) is 0 Å². The zero-order chi connectivity index (χ0) is 16.2. The first-order valence-electron chi connectivity index (χ1n) is 6.88. The standard InChI is InChI=1S/C16H14IN3O2S/c1-21-14-5-3-2-4-13(14)15-19-20(16(23)22-15)10-18-12-8-6-11(17)7-9-12/h2-9,18H,10H2,1H3. The van der Waals surface area contributed by atoms with E-state index in [1.165, 1.54) is 3.57 Å². The number of anilines is 1. The van der Waals surface area contributed by atoms with Gasteiger partial charge in [-0.3, -0.25) is 0 Å². The van der Waals surface area contributed by atoms with E-state index >= 15 is 0 Å². The fourth-order valence-electron chi connectivity index (χ4n) is 2.07. The maximum absolute atomic E-state index is 5.60. The first-order chi connectivity index (χ1) is 11.2. The number of para-hydroxylation sites is 1. The van der Waals surface area contributed by atoms with Crippen molar-refractivity contribution in [3.05, 3.63) is 56.9 Å². The van der Waals surface area contributed by atoms with Crippen molar-refractivity contribution in [2.75, 3.05) is 12.4 Å². The molecule has 0 aliphatic heterocycles. The molecule has 3 rings (SSSR count). The Morgan fingerprint density at radius 1 is 1.22 bits per heavy atom. The van der Waals surface area contributed by atoms with Crippen LogP contribution in [0.3, 0.4) is 0 Å². The van der Waals surface area contributed by atoms with Crippen LogP contribution < -0.4 is 10.1 Å². The summed E-state index contributed by atoms with van der Waals surface area (Å²) in [5, 5.41) is 7.68. The molecule has 0 bridgehead atoms. The number of aromatic nitrogens is 2. The van der Waals surface area contributed by atoms with Crippen molar-refractivity contribution in [1.29, 1.82) is 0 Å². The second kappa shape index (κ2) is 7.14. The summed E-state index contributed by atoms with van der Waals surface area (Å²) in [6, 6.07) is 15.6. The van der Waals surface area contributed by atoms with Gasteiger partial charge in [0, 0.05) is 9.26 Å². The average Bonchev–Trinajstić information content (AvgIpc) is 2.95. The van der Waals surface area contributed by atoms with Crippen molar-refractivity contribution in [3.8, 4) is 17.2 Å². The second-order valence-corrected chi connectivity index (χ2v) is 6.31. The maximum Gasteiger partial charge on any atom is 0.289 e. The summed E-state index contributed by atoms with van der Waals surface area (Å²) in [6.45, 7) is 0.429. The third kappa shape index (κ3) is 3.73. The maximum atomic E-state index is 5.60. The van der Waals surface area contributed by atoms with E-state index in [2.05, 4.69) is 33.0 Å². The van der Waals surface area contributed by atoms with E-state index in [-0.39, 0.29) is 0 Å². The molecule has 5 nitrogen and oxygen atoms in total. The summed E-state index contributed by atoms with van der Waals surface area (Å²) in [5.74, 6) is 1.14. The van der Waals surface area contributed by atoms with Gasteiger partial charge in [-0.05, 0) is 71.2 Å². The number of nitrogens with one attached hydrogen (secondary N) is 1. The fourth-order valence-corrected chi connectivity index (χ4v) is 2.61. The van der Waals surface area contributed by atoms with E-state index in [9.17, 15) is 0 Å². The number of halogens is 1. The molecule has 0 aliphatic rings. The lowest BCUT2D eigenvalue weighted by Crippen LogP contribution is -2.09. The van der Waals surface area contributed by atoms with Crippen molar-refractivity contribution < 1.29 is 9.15 Å². The average molecular weight is 439 g/mol. The molecule has 0 saturated heterocycles. The molecule has 2 aromatic carbocycles. The van der Waals surface area contributed by atoms with E-state index in [0.29, 0.717) is 23.1 Å². The molecule has 0 spiro atoms. The third-order valence-corrected chi connectivity index (χ3v) is 4.23. The van der Waals surface area contributed by atoms with Gasteiger partial charge in [0.05, 0.1) is 12.7 Å². The van der Waals surface area contributed by atoms with Gasteiger partial charge in [0.25, 0.3) is 10.7 Å². The predicted molar refractivity (Wildman–Crippen MR) is 100 cm³/mol. The van der Waals surface area contributed by atoms with Crippen LogP contribution in [-0.2, 0) is 6.67 Å². The molecule has 118 valence electrons. The Balaban J connectivity index is 1.81. The quantitative estimate of drug-likeness (QED) is 0.467. The van der Waals surface area contributed by atoms with Crippen LogP contribution in [0.1, 0.15) is 0 Å². The molecule has 1 N–H and O–H groups in total. The molecular formula is C16H14IN3O2S. The molecule has 0 fully saturated rings. The molecule has 0 saturated carbocycles. The number of hydrogen-bond donors (Lipinski definition) is 1. The lowest BCUT2D eigenvalue weighted by molar-refractivity contribution is 0.414. The zero-order valence-electron chi connectivity index (χ0n) is 12.3. The van der Waals surface area contributed by atoms with Gasteiger partial charge in [-0.1, -0.05) is 12.1 Å². The highest BCUT2D eigenvalue weighted by atomic mass is 127. The number of ether oxygens (including phenoxy) is 1. The highest BCUT2D eigenvalue weighted by molar-refractivity contribution is 14.1. The van der Waals surface area contributed by atoms with E-state index in [1.807, 2.05) is 48.5 Å². The number of benzene rings is 2. The minimum Gasteiger partial charge on any atom is -0.496 e. The molecule has 0 amide bonds. The first kappa shape index (κ1) is 16.0. The molecule has 1 aromatic heterocycles. The monoisotopic (exact) mass is 439 g/mol. The highest BCUT2D eigenvalue weighted by Crippen LogP contribution is 2.28. The van der Waals surface area contributed by atoms with Gasteiger partial charge in [0.15, 0.2) is 0 Å². The van der Waals surface area contributed by atoms with Gasteiger partial charge in [-0.25, -0.2) is 4.68 Å². The molecule has 0 aliphatic carbocycles. The van der Waals surface area contributed by atoms with Gasteiger partial charge in [0.2, 0.25) is 0 Å². The van der Waals surface area contributed by atoms with Gasteiger partial charge < -0.3 is 14.5 Å². The Labute approximate surface area is 152 Å². The molecular weight excluding hydrogens is 425 g/mol. The van der Waals surface area contributed by atoms with Crippen LogP contribution in [0.5, 0.6) is 5.75 Å². The van der Waals surface area contributed by atoms with Crippen molar-refractivity contribution in [2.45, 2.75) is 6.67 Å². The highest BCUT2D eigenvalue weighted by Gasteiger charge is 2.12. The fraction of sp³-hybridized carbons (Fsp3) is 0.125. The zero-order valence-corrected chi connectivity index (χ0v) is 15.3. The van der Waals surface area contributed by atoms with Crippen molar-refractivity contribution in [1.82, 2.24) is 9.78 Å². The molecule has 0 unspecified atom stereocenters. The number of hydrogen-bond acceptors (Lipinski definition) is 5. The third-order valence-electron chi connectivity index (χ3n) is 3.22. The van der Waals surface area contributed by atoms with E-state index in [4.69, 9.17) is 21.4 Å². The second-order valence-electron chi connectivity index (χ2n) is 4.71. The summed E-state index contributed by atoms with van der Waals surface area (Å²) in [6.07, 6.45) is 0. The molecule has 0 atom stereocenters. The normalized spacial score (nSPS) is 10.5. The largest absolute Gasteiger partial charge is 0.496 e. The Kier molecular flexibility index (Phi) is 4.97. The van der Waals surface area contributed by atoms with Crippen molar-refractivity contribution >= 4 is 40.5 Å². The Hall–Kier alpha value is -1.87. The van der Waals surface area contributed by atoms with E-state index < -0.39 is 0 Å². The molecule has 0 radical (unpaired) electrons. The number of rotatable bonds is 5. The Morgan fingerprint density at radius 2 is 1.96 bits per heavy atom. The summed E-state index contributed by atoms with van der Waals surface area (Å²) in [4.78, 5) is 0.309. The lowest BCUT2D eigenvalue weighted by atomic mass is 10.2. The molecule has 23 heavy (non-hydrogen) atoms. The SMILES string of the molecule is COc1ccccc1-c1nn(CNc2ccc(I)cc2)c(=S)o1. The van der Waals surface area contributed by atoms with Gasteiger partial charge in [-0.15, -0.1) is 5.10 Å². The van der Waals surface area contributed by atoms with Gasteiger partial charge in [-0.2, -0.15) is 0 Å². The summed E-state index contributed by atoms with van der Waals surface area (Å²) in [7, 11) is 1.61. The van der Waals surface area contributed by atoms with Crippen LogP contribution in [0, 0.1) is 8.41 Å². The van der Waals surface area contributed by atoms with Gasteiger partial charge >= 0.3 is 0 Å². The predicted octanol–water partition coefficient (Wildman–Crippen LogP) is 4.56. The lowest BCUT2D eigenvalue weighted by Gasteiger charge is -2.05. The molecule has 1 heterocycles. The molecule has 3 aromatic rings. The van der Waals surface area contributed by atoms with Crippen LogP contribution >= 0.6 is 34.8 Å². The minimum atomic E-state index is 0.309. The Bertz CT molecular complexity index is 858. The first-order valence-corrected chi connectivity index (χ1v) is 8.37. The topological polar surface area (TPSA) is 52.2 Å². The minimum absolute atomic E-state index is 0.309. The van der Waals surface area contributed by atoms with Crippen LogP contribution in [0.15, 0.2) is 52.9 Å². The summed E-state index contributed by atoms with van der Waals surface area (Å²) >= 11 is 7.51. The van der Waals surface area contributed by atoms with E-state index in [1.54, 1.807) is 11.8 Å². The number of methoxy groups -OCH3 is 1. The number of nitrogens with zero attached hydrogens (tertiary/aromatic N) is 2. The summed E-state index contributed by atoms with van der Waals surface area (Å²) < 4.78 is 13.7. The van der Waals surface area contributed by atoms with E-state index in [0.717, 1.165) is 11.3 Å². The van der Waals surface area contributed by atoms with Crippen LogP contribution in [0.25, 0.3) is 11.5 Å².